The molecule has 0 aromatic heterocycles. The van der Waals surface area contributed by atoms with Crippen molar-refractivity contribution in [3.63, 3.8) is 0 Å². The van der Waals surface area contributed by atoms with Crippen molar-refractivity contribution in [1.29, 1.82) is 0 Å². The van der Waals surface area contributed by atoms with Gasteiger partial charge in [-0.15, -0.1) is 0 Å². The Balaban J connectivity index is 2.65. The first kappa shape index (κ1) is 14.4. The van der Waals surface area contributed by atoms with Gasteiger partial charge in [0, 0.05) is 10.6 Å². The van der Waals surface area contributed by atoms with E-state index in [9.17, 15) is 18.0 Å². The quantitative estimate of drug-likeness (QED) is 0.871. The number of benzene rings is 2. The molecule has 2 aromatic rings. The Labute approximate surface area is 117 Å². The highest BCUT2D eigenvalue weighted by molar-refractivity contribution is 6.33. The van der Waals surface area contributed by atoms with Crippen LogP contribution in [-0.4, -0.2) is 11.1 Å². The zero-order valence-electron chi connectivity index (χ0n) is 9.91. The third-order valence-corrected chi connectivity index (χ3v) is 3.07. The monoisotopic (exact) mass is 300 g/mol. The van der Waals surface area contributed by atoms with Gasteiger partial charge in [-0.05, 0) is 23.8 Å². The van der Waals surface area contributed by atoms with Crippen molar-refractivity contribution in [2.24, 2.45) is 0 Å². The smallest absolute Gasteiger partial charge is 0.417 e. The lowest BCUT2D eigenvalue weighted by molar-refractivity contribution is -0.138. The van der Waals surface area contributed by atoms with E-state index in [-0.39, 0.29) is 5.56 Å². The fourth-order valence-electron chi connectivity index (χ4n) is 1.83. The Morgan fingerprint density at radius 2 is 1.75 bits per heavy atom. The molecule has 2 aromatic carbocycles. The minimum Gasteiger partial charge on any atom is -0.478 e. The van der Waals surface area contributed by atoms with E-state index in [0.29, 0.717) is 10.6 Å². The van der Waals surface area contributed by atoms with Crippen molar-refractivity contribution in [1.82, 2.24) is 0 Å². The van der Waals surface area contributed by atoms with Gasteiger partial charge in [0.05, 0.1) is 11.1 Å². The van der Waals surface area contributed by atoms with E-state index in [1.807, 2.05) is 0 Å². The second kappa shape index (κ2) is 5.17. The van der Waals surface area contributed by atoms with Gasteiger partial charge in [0.15, 0.2) is 0 Å². The predicted molar refractivity (Wildman–Crippen MR) is 68.8 cm³/mol. The van der Waals surface area contributed by atoms with Crippen molar-refractivity contribution >= 4 is 17.6 Å². The SMILES string of the molecule is O=C(O)c1ccc(-c2ccccc2Cl)cc1C(F)(F)F. The van der Waals surface area contributed by atoms with E-state index in [4.69, 9.17) is 16.7 Å². The van der Waals surface area contributed by atoms with Crippen LogP contribution in [0.3, 0.4) is 0 Å². The molecule has 0 fully saturated rings. The Bertz CT molecular complexity index is 666. The molecule has 0 bridgehead atoms. The Kier molecular flexibility index (Phi) is 3.72. The van der Waals surface area contributed by atoms with Crippen molar-refractivity contribution in [2.75, 3.05) is 0 Å². The molecule has 0 atom stereocenters. The Morgan fingerprint density at radius 3 is 2.30 bits per heavy atom. The van der Waals surface area contributed by atoms with Crippen LogP contribution in [0.2, 0.25) is 5.02 Å². The third-order valence-electron chi connectivity index (χ3n) is 2.74. The average Bonchev–Trinajstić information content (AvgIpc) is 2.37. The maximum absolute atomic E-state index is 12.9. The van der Waals surface area contributed by atoms with Crippen molar-refractivity contribution in [3.8, 4) is 11.1 Å². The number of aromatic carboxylic acids is 1. The highest BCUT2D eigenvalue weighted by Crippen LogP contribution is 2.36. The summed E-state index contributed by atoms with van der Waals surface area (Å²) in [5.74, 6) is -1.62. The second-order valence-corrected chi connectivity index (χ2v) is 4.45. The van der Waals surface area contributed by atoms with Crippen LogP contribution in [0, 0.1) is 0 Å². The van der Waals surface area contributed by atoms with E-state index in [1.165, 1.54) is 6.07 Å². The van der Waals surface area contributed by atoms with Gasteiger partial charge in [0.25, 0.3) is 0 Å². The summed E-state index contributed by atoms with van der Waals surface area (Å²) in [4.78, 5) is 10.9. The summed E-state index contributed by atoms with van der Waals surface area (Å²) in [7, 11) is 0. The topological polar surface area (TPSA) is 37.3 Å². The molecular weight excluding hydrogens is 293 g/mol. The van der Waals surface area contributed by atoms with Crippen molar-refractivity contribution < 1.29 is 23.1 Å². The molecule has 104 valence electrons. The number of hydrogen-bond acceptors (Lipinski definition) is 1. The number of carbonyl (C=O) groups is 1. The minimum absolute atomic E-state index is 0.216. The largest absolute Gasteiger partial charge is 0.478 e. The molecule has 0 saturated carbocycles. The summed E-state index contributed by atoms with van der Waals surface area (Å²) in [6.45, 7) is 0. The van der Waals surface area contributed by atoms with Gasteiger partial charge in [-0.3, -0.25) is 0 Å². The molecule has 20 heavy (non-hydrogen) atoms. The molecule has 0 aliphatic heterocycles. The number of alkyl halides is 3. The number of rotatable bonds is 2. The van der Waals surface area contributed by atoms with Crippen LogP contribution in [0.1, 0.15) is 15.9 Å². The highest BCUT2D eigenvalue weighted by atomic mass is 35.5. The fraction of sp³-hybridized carbons (Fsp3) is 0.0714. The van der Waals surface area contributed by atoms with Gasteiger partial charge >= 0.3 is 12.1 Å². The molecule has 2 rings (SSSR count). The fourth-order valence-corrected chi connectivity index (χ4v) is 2.07. The van der Waals surface area contributed by atoms with Crippen LogP contribution in [0.4, 0.5) is 13.2 Å². The van der Waals surface area contributed by atoms with Crippen LogP contribution in [0.25, 0.3) is 11.1 Å². The van der Waals surface area contributed by atoms with Gasteiger partial charge < -0.3 is 5.11 Å². The molecular formula is C14H8ClF3O2. The number of carboxylic acids is 1. The molecule has 0 saturated heterocycles. The van der Waals surface area contributed by atoms with E-state index < -0.39 is 23.3 Å². The first-order valence-electron chi connectivity index (χ1n) is 5.50. The van der Waals surface area contributed by atoms with Crippen LogP contribution in [0.5, 0.6) is 0 Å². The zero-order chi connectivity index (χ0) is 14.9. The summed E-state index contributed by atoms with van der Waals surface area (Å²) in [6.07, 6.45) is -4.75. The van der Waals surface area contributed by atoms with Crippen molar-refractivity contribution in [2.45, 2.75) is 6.18 Å². The lowest BCUT2D eigenvalue weighted by Gasteiger charge is -2.13. The van der Waals surface area contributed by atoms with E-state index in [0.717, 1.165) is 12.1 Å². The summed E-state index contributed by atoms with van der Waals surface area (Å²) in [5, 5.41) is 9.11. The summed E-state index contributed by atoms with van der Waals surface area (Å²) >= 11 is 5.93. The van der Waals surface area contributed by atoms with Gasteiger partial charge in [-0.2, -0.15) is 13.2 Å². The van der Waals surface area contributed by atoms with Gasteiger partial charge in [-0.1, -0.05) is 35.9 Å². The standard InChI is InChI=1S/C14H8ClF3O2/c15-12-4-2-1-3-9(12)8-5-6-10(13(19)20)11(7-8)14(16,17)18/h1-7H,(H,19,20). The zero-order valence-corrected chi connectivity index (χ0v) is 10.7. The van der Waals surface area contributed by atoms with Gasteiger partial charge in [-0.25, -0.2) is 4.79 Å². The maximum atomic E-state index is 12.9. The molecule has 0 radical (unpaired) electrons. The van der Waals surface area contributed by atoms with Crippen LogP contribution in [-0.2, 0) is 6.18 Å². The molecule has 0 amide bonds. The molecule has 2 nitrogen and oxygen atoms in total. The predicted octanol–water partition coefficient (Wildman–Crippen LogP) is 4.72. The van der Waals surface area contributed by atoms with E-state index in [1.54, 1.807) is 24.3 Å². The van der Waals surface area contributed by atoms with Crippen LogP contribution < -0.4 is 0 Å². The minimum atomic E-state index is -4.75. The first-order chi connectivity index (χ1) is 9.30. The highest BCUT2D eigenvalue weighted by Gasteiger charge is 2.35. The maximum Gasteiger partial charge on any atom is 0.417 e. The molecule has 0 spiro atoms. The molecule has 6 heteroatoms. The van der Waals surface area contributed by atoms with Crippen LogP contribution >= 0.6 is 11.6 Å². The molecule has 0 unspecified atom stereocenters. The molecule has 0 aliphatic rings. The van der Waals surface area contributed by atoms with Gasteiger partial charge in [0.1, 0.15) is 0 Å². The lowest BCUT2D eigenvalue weighted by atomic mass is 9.98. The Hall–Kier alpha value is -2.01. The average molecular weight is 301 g/mol. The van der Waals surface area contributed by atoms with Crippen LogP contribution in [0.15, 0.2) is 42.5 Å². The normalized spacial score (nSPS) is 11.4. The Morgan fingerprint density at radius 1 is 1.10 bits per heavy atom. The summed E-state index contributed by atoms with van der Waals surface area (Å²) < 4.78 is 38.7. The number of hydrogen-bond donors (Lipinski definition) is 1. The third kappa shape index (κ3) is 2.77. The van der Waals surface area contributed by atoms with Crippen molar-refractivity contribution in [3.05, 3.63) is 58.6 Å². The molecule has 0 aliphatic carbocycles. The van der Waals surface area contributed by atoms with Gasteiger partial charge in [0.2, 0.25) is 0 Å². The second-order valence-electron chi connectivity index (χ2n) is 4.04. The molecule has 1 N–H and O–H groups in total. The number of halogens is 4. The summed E-state index contributed by atoms with van der Waals surface area (Å²) in [6, 6.07) is 9.45. The molecule has 0 heterocycles. The summed E-state index contributed by atoms with van der Waals surface area (Å²) in [5.41, 5.74) is -1.35. The first-order valence-corrected chi connectivity index (χ1v) is 5.88. The number of carboxylic acid groups (broad SMARTS) is 1. The van der Waals surface area contributed by atoms with E-state index >= 15 is 0 Å². The lowest BCUT2D eigenvalue weighted by Crippen LogP contribution is -2.13. The van der Waals surface area contributed by atoms with E-state index in [2.05, 4.69) is 0 Å².